The fourth-order valence-corrected chi connectivity index (χ4v) is 4.57. The zero-order valence-corrected chi connectivity index (χ0v) is 12.7. The zero-order valence-electron chi connectivity index (χ0n) is 12.7. The van der Waals surface area contributed by atoms with Crippen molar-refractivity contribution in [3.05, 3.63) is 33.9 Å². The first-order valence-corrected chi connectivity index (χ1v) is 8.40. The normalized spacial score (nSPS) is 31.2. The highest BCUT2D eigenvalue weighted by Gasteiger charge is 2.44. The van der Waals surface area contributed by atoms with Gasteiger partial charge in [0, 0.05) is 42.0 Å². The second kappa shape index (κ2) is 5.54. The summed E-state index contributed by atoms with van der Waals surface area (Å²) < 4.78 is 5.98. The van der Waals surface area contributed by atoms with Crippen molar-refractivity contribution in [3.8, 4) is 0 Å². The average molecular weight is 302 g/mol. The first kappa shape index (κ1) is 14.0. The smallest absolute Gasteiger partial charge is 0.269 e. The van der Waals surface area contributed by atoms with Crippen LogP contribution in [0, 0.1) is 22.0 Å². The predicted octanol–water partition coefficient (Wildman–Crippen LogP) is 4.05. The number of rotatable bonds is 2. The van der Waals surface area contributed by atoms with Gasteiger partial charge in [-0.3, -0.25) is 10.1 Å². The third-order valence-corrected chi connectivity index (χ3v) is 5.63. The molecule has 3 aliphatic rings. The lowest BCUT2D eigenvalue weighted by molar-refractivity contribution is -0.385. The van der Waals surface area contributed by atoms with Crippen LogP contribution in [0.5, 0.6) is 0 Å². The van der Waals surface area contributed by atoms with Gasteiger partial charge in [0.15, 0.2) is 0 Å². The van der Waals surface area contributed by atoms with Gasteiger partial charge in [-0.2, -0.15) is 0 Å². The Morgan fingerprint density at radius 1 is 1.18 bits per heavy atom. The number of benzene rings is 1. The van der Waals surface area contributed by atoms with Gasteiger partial charge in [0.25, 0.3) is 5.69 Å². The predicted molar refractivity (Wildman–Crippen MR) is 83.9 cm³/mol. The van der Waals surface area contributed by atoms with Crippen molar-refractivity contribution >= 4 is 11.4 Å². The van der Waals surface area contributed by atoms with Crippen molar-refractivity contribution < 1.29 is 9.66 Å². The number of hydrogen-bond donors (Lipinski definition) is 1. The van der Waals surface area contributed by atoms with E-state index in [1.54, 1.807) is 12.1 Å². The van der Waals surface area contributed by atoms with Gasteiger partial charge in [-0.1, -0.05) is 19.3 Å². The molecule has 0 unspecified atom stereocenters. The summed E-state index contributed by atoms with van der Waals surface area (Å²) in [6.07, 6.45) is 7.69. The number of non-ortho nitro benzene ring substituents is 1. The van der Waals surface area contributed by atoms with E-state index < -0.39 is 0 Å². The van der Waals surface area contributed by atoms with E-state index in [4.69, 9.17) is 4.74 Å². The summed E-state index contributed by atoms with van der Waals surface area (Å²) in [5.41, 5.74) is 2.17. The van der Waals surface area contributed by atoms with Crippen molar-refractivity contribution in [2.75, 3.05) is 11.9 Å². The van der Waals surface area contributed by atoms with E-state index in [0.717, 1.165) is 24.3 Å². The molecule has 0 amide bonds. The van der Waals surface area contributed by atoms with Crippen LogP contribution in [0.3, 0.4) is 0 Å². The van der Waals surface area contributed by atoms with Crippen LogP contribution in [0.25, 0.3) is 0 Å². The number of nitro benzene ring substituents is 1. The summed E-state index contributed by atoms with van der Waals surface area (Å²) in [6.45, 7) is 0.766. The van der Waals surface area contributed by atoms with Crippen LogP contribution in [-0.2, 0) is 4.74 Å². The maximum atomic E-state index is 11.0. The molecule has 1 N–H and O–H groups in total. The molecule has 0 aromatic heterocycles. The van der Waals surface area contributed by atoms with Gasteiger partial charge >= 0.3 is 0 Å². The van der Waals surface area contributed by atoms with Crippen LogP contribution in [0.4, 0.5) is 11.4 Å². The van der Waals surface area contributed by atoms with Crippen LogP contribution >= 0.6 is 0 Å². The molecule has 1 saturated heterocycles. The molecule has 5 nitrogen and oxygen atoms in total. The summed E-state index contributed by atoms with van der Waals surface area (Å²) in [5, 5.41) is 14.7. The molecular weight excluding hydrogens is 280 g/mol. The van der Waals surface area contributed by atoms with Crippen LogP contribution < -0.4 is 5.32 Å². The minimum Gasteiger partial charge on any atom is -0.381 e. The van der Waals surface area contributed by atoms with Crippen molar-refractivity contribution in [2.24, 2.45) is 11.8 Å². The maximum absolute atomic E-state index is 11.0. The van der Waals surface area contributed by atoms with E-state index >= 15 is 0 Å². The van der Waals surface area contributed by atoms with Gasteiger partial charge in [-0.25, -0.2) is 0 Å². The number of hydrogen-bond acceptors (Lipinski definition) is 4. The van der Waals surface area contributed by atoms with Gasteiger partial charge in [0.05, 0.1) is 11.0 Å². The van der Waals surface area contributed by atoms with Gasteiger partial charge in [0.2, 0.25) is 0 Å². The van der Waals surface area contributed by atoms with Crippen molar-refractivity contribution in [3.63, 3.8) is 0 Å². The molecule has 5 heteroatoms. The van der Waals surface area contributed by atoms with Gasteiger partial charge in [-0.05, 0) is 31.2 Å². The van der Waals surface area contributed by atoms with E-state index in [1.807, 2.05) is 6.07 Å². The Bertz CT molecular complexity index is 583. The highest BCUT2D eigenvalue weighted by molar-refractivity contribution is 5.60. The molecule has 3 atom stereocenters. The number of anilines is 1. The van der Waals surface area contributed by atoms with E-state index in [0.29, 0.717) is 17.9 Å². The molecule has 1 aliphatic carbocycles. The first-order valence-electron chi connectivity index (χ1n) is 8.40. The summed E-state index contributed by atoms with van der Waals surface area (Å²) in [5.74, 6) is 1.17. The molecule has 1 aromatic rings. The molecule has 1 aromatic carbocycles. The fourth-order valence-electron chi connectivity index (χ4n) is 4.57. The van der Waals surface area contributed by atoms with Crippen molar-refractivity contribution in [1.82, 2.24) is 0 Å². The van der Waals surface area contributed by atoms with Crippen LogP contribution in [0.2, 0.25) is 0 Å². The Labute approximate surface area is 130 Å². The topological polar surface area (TPSA) is 64.4 Å². The van der Waals surface area contributed by atoms with Crippen molar-refractivity contribution in [2.45, 2.75) is 50.7 Å². The molecule has 22 heavy (non-hydrogen) atoms. The fraction of sp³-hybridized carbons (Fsp3) is 0.647. The number of nitrogens with zero attached hydrogens (tertiary/aromatic N) is 1. The first-order chi connectivity index (χ1) is 10.7. The molecule has 0 spiro atoms. The van der Waals surface area contributed by atoms with Gasteiger partial charge < -0.3 is 10.1 Å². The van der Waals surface area contributed by atoms with Crippen LogP contribution in [0.1, 0.15) is 50.2 Å². The Hall–Kier alpha value is -1.62. The van der Waals surface area contributed by atoms with E-state index in [1.165, 1.54) is 32.1 Å². The Kier molecular flexibility index (Phi) is 3.53. The lowest BCUT2D eigenvalue weighted by Crippen LogP contribution is -2.42. The molecule has 0 bridgehead atoms. The number of nitro groups is 1. The number of fused-ring (bicyclic) bond motifs is 3. The van der Waals surface area contributed by atoms with Gasteiger partial charge in [-0.15, -0.1) is 0 Å². The summed E-state index contributed by atoms with van der Waals surface area (Å²) in [7, 11) is 0. The second-order valence-electron chi connectivity index (χ2n) is 6.84. The summed E-state index contributed by atoms with van der Waals surface area (Å²) in [4.78, 5) is 10.7. The Morgan fingerprint density at radius 3 is 2.77 bits per heavy atom. The molecule has 4 rings (SSSR count). The maximum Gasteiger partial charge on any atom is 0.269 e. The molecule has 0 radical (unpaired) electrons. The number of nitrogens with one attached hydrogen (secondary N) is 1. The lowest BCUT2D eigenvalue weighted by Gasteiger charge is -2.41. The van der Waals surface area contributed by atoms with Crippen molar-refractivity contribution in [1.29, 1.82) is 0 Å². The lowest BCUT2D eigenvalue weighted by atomic mass is 9.73. The summed E-state index contributed by atoms with van der Waals surface area (Å²) in [6, 6.07) is 5.62. The minimum absolute atomic E-state index is 0.0306. The molecule has 2 fully saturated rings. The quantitative estimate of drug-likeness (QED) is 0.661. The second-order valence-corrected chi connectivity index (χ2v) is 6.84. The Morgan fingerprint density at radius 2 is 2.00 bits per heavy atom. The third kappa shape index (κ3) is 2.28. The molecule has 2 heterocycles. The Balaban J connectivity index is 1.68. The molecule has 118 valence electrons. The average Bonchev–Trinajstić information content (AvgIpc) is 3.04. The molecule has 1 saturated carbocycles. The molecule has 2 aliphatic heterocycles. The third-order valence-electron chi connectivity index (χ3n) is 5.63. The number of ether oxygens (including phenoxy) is 1. The minimum atomic E-state index is -0.322. The summed E-state index contributed by atoms with van der Waals surface area (Å²) >= 11 is 0. The standard InChI is InChI=1S/C17H22N2O3/c20-19(21)12-6-7-15-14(10-12)17-13(8-9-22-17)16(18-15)11-4-2-1-3-5-11/h6-7,10-11,13,16-18H,1-5,8-9H2/t13-,16+,17-/m0/s1. The highest BCUT2D eigenvalue weighted by atomic mass is 16.6. The van der Waals surface area contributed by atoms with E-state index in [9.17, 15) is 10.1 Å². The van der Waals surface area contributed by atoms with Crippen LogP contribution in [-0.4, -0.2) is 17.6 Å². The van der Waals surface area contributed by atoms with Crippen LogP contribution in [0.15, 0.2) is 18.2 Å². The monoisotopic (exact) mass is 302 g/mol. The van der Waals surface area contributed by atoms with E-state index in [-0.39, 0.29) is 16.7 Å². The van der Waals surface area contributed by atoms with Gasteiger partial charge in [0.1, 0.15) is 0 Å². The highest BCUT2D eigenvalue weighted by Crippen LogP contribution is 2.48. The van der Waals surface area contributed by atoms with E-state index in [2.05, 4.69) is 5.32 Å². The largest absolute Gasteiger partial charge is 0.381 e. The molecular formula is C17H22N2O3. The SMILES string of the molecule is O=[N+]([O-])c1ccc2c(c1)[C@H]1OCC[C@H]1[C@@H](C1CCCCC1)N2. The zero-order chi connectivity index (χ0) is 15.1.